The van der Waals surface area contributed by atoms with Gasteiger partial charge >= 0.3 is 0 Å². The van der Waals surface area contributed by atoms with Crippen molar-refractivity contribution in [1.29, 1.82) is 0 Å². The lowest BCUT2D eigenvalue weighted by atomic mass is 9.92. The van der Waals surface area contributed by atoms with Gasteiger partial charge in [-0.2, -0.15) is 0 Å². The molecule has 1 N–H and O–H groups in total. The predicted molar refractivity (Wildman–Crippen MR) is 87.3 cm³/mol. The van der Waals surface area contributed by atoms with Crippen LogP contribution in [0.15, 0.2) is 24.3 Å². The van der Waals surface area contributed by atoms with E-state index in [1.807, 2.05) is 0 Å². The first-order valence-electron chi connectivity index (χ1n) is 6.94. The molecular weight excluding hydrogens is 335 g/mol. The summed E-state index contributed by atoms with van der Waals surface area (Å²) in [6.07, 6.45) is 3.63. The summed E-state index contributed by atoms with van der Waals surface area (Å²) in [5.74, 6) is 0. The molecule has 2 rings (SSSR count). The standard InChI is InChI=1S/C15H23IN2/c1-3-15(4-2)12-18(11-5-10-17-15)14-8-6-13(16)7-9-14/h6-9,17H,3-5,10-12H2,1-2H3. The Morgan fingerprint density at radius 3 is 2.50 bits per heavy atom. The molecule has 3 heteroatoms. The van der Waals surface area contributed by atoms with Crippen LogP contribution in [0.2, 0.25) is 0 Å². The van der Waals surface area contributed by atoms with Crippen LogP contribution in [-0.4, -0.2) is 25.2 Å². The number of benzene rings is 1. The van der Waals surface area contributed by atoms with E-state index in [1.165, 1.54) is 28.5 Å². The lowest BCUT2D eigenvalue weighted by Gasteiger charge is -2.36. The predicted octanol–water partition coefficient (Wildman–Crippen LogP) is 3.65. The van der Waals surface area contributed by atoms with Crippen LogP contribution in [-0.2, 0) is 0 Å². The first kappa shape index (κ1) is 14.1. The lowest BCUT2D eigenvalue weighted by Crippen LogP contribution is -2.50. The van der Waals surface area contributed by atoms with E-state index in [0.717, 1.165) is 19.6 Å². The molecule has 1 aromatic carbocycles. The summed E-state index contributed by atoms with van der Waals surface area (Å²) in [5.41, 5.74) is 1.66. The summed E-state index contributed by atoms with van der Waals surface area (Å²) >= 11 is 2.37. The van der Waals surface area contributed by atoms with Gasteiger partial charge in [0.2, 0.25) is 0 Å². The molecule has 1 aliphatic heterocycles. The Morgan fingerprint density at radius 1 is 1.22 bits per heavy atom. The zero-order valence-corrected chi connectivity index (χ0v) is 13.5. The van der Waals surface area contributed by atoms with Crippen LogP contribution in [0.1, 0.15) is 33.1 Å². The van der Waals surface area contributed by atoms with Gasteiger partial charge in [0, 0.05) is 27.9 Å². The Kier molecular flexibility index (Phi) is 4.90. The topological polar surface area (TPSA) is 15.3 Å². The van der Waals surface area contributed by atoms with Crippen molar-refractivity contribution in [2.45, 2.75) is 38.6 Å². The van der Waals surface area contributed by atoms with E-state index < -0.39 is 0 Å². The smallest absolute Gasteiger partial charge is 0.0367 e. The molecule has 1 heterocycles. The molecule has 0 aliphatic carbocycles. The quantitative estimate of drug-likeness (QED) is 0.830. The molecule has 0 amide bonds. The first-order valence-corrected chi connectivity index (χ1v) is 8.02. The highest BCUT2D eigenvalue weighted by molar-refractivity contribution is 14.1. The monoisotopic (exact) mass is 358 g/mol. The second-order valence-electron chi connectivity index (χ2n) is 5.17. The average Bonchev–Trinajstić information content (AvgIpc) is 2.63. The molecule has 0 bridgehead atoms. The zero-order chi connectivity index (χ0) is 13.0. The SMILES string of the molecule is CCC1(CC)CN(c2ccc(I)cc2)CCCN1. The van der Waals surface area contributed by atoms with E-state index in [0.29, 0.717) is 5.54 Å². The fourth-order valence-corrected chi connectivity index (χ4v) is 3.08. The normalized spacial score (nSPS) is 19.6. The van der Waals surface area contributed by atoms with Crippen LogP contribution < -0.4 is 10.2 Å². The summed E-state index contributed by atoms with van der Waals surface area (Å²) in [6, 6.07) is 8.91. The maximum atomic E-state index is 3.76. The highest BCUT2D eigenvalue weighted by Gasteiger charge is 2.30. The summed E-state index contributed by atoms with van der Waals surface area (Å²) in [7, 11) is 0. The van der Waals surface area contributed by atoms with E-state index >= 15 is 0 Å². The number of anilines is 1. The number of halogens is 1. The number of nitrogens with one attached hydrogen (secondary N) is 1. The molecule has 0 saturated carbocycles. The molecule has 100 valence electrons. The number of nitrogens with zero attached hydrogens (tertiary/aromatic N) is 1. The molecule has 2 nitrogen and oxygen atoms in total. The molecule has 1 aromatic rings. The molecule has 1 fully saturated rings. The van der Waals surface area contributed by atoms with Crippen LogP contribution >= 0.6 is 22.6 Å². The molecule has 18 heavy (non-hydrogen) atoms. The van der Waals surface area contributed by atoms with Crippen LogP contribution in [0.5, 0.6) is 0 Å². The van der Waals surface area contributed by atoms with Crippen LogP contribution in [0.3, 0.4) is 0 Å². The Balaban J connectivity index is 2.19. The maximum Gasteiger partial charge on any atom is 0.0367 e. The highest BCUT2D eigenvalue weighted by atomic mass is 127. The van der Waals surface area contributed by atoms with E-state index in [1.54, 1.807) is 0 Å². The van der Waals surface area contributed by atoms with Crippen molar-refractivity contribution in [3.63, 3.8) is 0 Å². The third-order valence-electron chi connectivity index (χ3n) is 4.14. The summed E-state index contributed by atoms with van der Waals surface area (Å²) in [6.45, 7) is 8.03. The largest absolute Gasteiger partial charge is 0.370 e. The van der Waals surface area contributed by atoms with Crippen LogP contribution in [0, 0.1) is 3.57 Å². The van der Waals surface area contributed by atoms with Gasteiger partial charge in [-0.05, 0) is 72.7 Å². The van der Waals surface area contributed by atoms with E-state index in [-0.39, 0.29) is 0 Å². The van der Waals surface area contributed by atoms with Crippen molar-refractivity contribution >= 4 is 28.3 Å². The Hall–Kier alpha value is -0.290. The molecular formula is C15H23IN2. The van der Waals surface area contributed by atoms with Gasteiger partial charge in [0.15, 0.2) is 0 Å². The van der Waals surface area contributed by atoms with Crippen molar-refractivity contribution in [3.8, 4) is 0 Å². The first-order chi connectivity index (χ1) is 8.69. The highest BCUT2D eigenvalue weighted by Crippen LogP contribution is 2.24. The van der Waals surface area contributed by atoms with Crippen molar-refractivity contribution in [2.75, 3.05) is 24.5 Å². The minimum Gasteiger partial charge on any atom is -0.370 e. The van der Waals surface area contributed by atoms with Crippen molar-refractivity contribution in [2.24, 2.45) is 0 Å². The molecule has 0 radical (unpaired) electrons. The van der Waals surface area contributed by atoms with Crippen LogP contribution in [0.4, 0.5) is 5.69 Å². The van der Waals surface area contributed by atoms with Crippen molar-refractivity contribution in [1.82, 2.24) is 5.32 Å². The van der Waals surface area contributed by atoms with Crippen molar-refractivity contribution < 1.29 is 0 Å². The van der Waals surface area contributed by atoms with E-state index in [4.69, 9.17) is 0 Å². The number of hydrogen-bond donors (Lipinski definition) is 1. The molecule has 1 aliphatic rings. The Morgan fingerprint density at radius 2 is 1.89 bits per heavy atom. The van der Waals surface area contributed by atoms with Gasteiger partial charge in [-0.15, -0.1) is 0 Å². The maximum absolute atomic E-state index is 3.76. The van der Waals surface area contributed by atoms with Gasteiger partial charge in [-0.1, -0.05) is 13.8 Å². The molecule has 0 spiro atoms. The Bertz CT molecular complexity index is 371. The fourth-order valence-electron chi connectivity index (χ4n) is 2.72. The minimum atomic E-state index is 0.291. The summed E-state index contributed by atoms with van der Waals surface area (Å²) in [4.78, 5) is 2.54. The fraction of sp³-hybridized carbons (Fsp3) is 0.600. The van der Waals surface area contributed by atoms with Gasteiger partial charge in [-0.3, -0.25) is 0 Å². The average molecular weight is 358 g/mol. The molecule has 1 saturated heterocycles. The zero-order valence-electron chi connectivity index (χ0n) is 11.4. The van der Waals surface area contributed by atoms with Crippen LogP contribution in [0.25, 0.3) is 0 Å². The van der Waals surface area contributed by atoms with Gasteiger partial charge in [0.1, 0.15) is 0 Å². The van der Waals surface area contributed by atoms with Gasteiger partial charge < -0.3 is 10.2 Å². The van der Waals surface area contributed by atoms with Gasteiger partial charge in [-0.25, -0.2) is 0 Å². The Labute approximate surface area is 124 Å². The lowest BCUT2D eigenvalue weighted by molar-refractivity contribution is 0.321. The molecule has 0 unspecified atom stereocenters. The van der Waals surface area contributed by atoms with Crippen molar-refractivity contribution in [3.05, 3.63) is 27.8 Å². The van der Waals surface area contributed by atoms with Gasteiger partial charge in [0.25, 0.3) is 0 Å². The van der Waals surface area contributed by atoms with E-state index in [2.05, 4.69) is 70.9 Å². The molecule has 0 atom stereocenters. The third kappa shape index (κ3) is 3.18. The van der Waals surface area contributed by atoms with E-state index in [9.17, 15) is 0 Å². The minimum absolute atomic E-state index is 0.291. The summed E-state index contributed by atoms with van der Waals surface area (Å²) in [5, 5.41) is 3.76. The molecule has 0 aromatic heterocycles. The summed E-state index contributed by atoms with van der Waals surface area (Å²) < 4.78 is 1.31. The number of rotatable bonds is 3. The third-order valence-corrected chi connectivity index (χ3v) is 4.86. The van der Waals surface area contributed by atoms with Gasteiger partial charge in [0.05, 0.1) is 0 Å². The number of hydrogen-bond acceptors (Lipinski definition) is 2. The second-order valence-corrected chi connectivity index (χ2v) is 6.41. The second kappa shape index (κ2) is 6.24.